The number of rotatable bonds is 4. The summed E-state index contributed by atoms with van der Waals surface area (Å²) in [7, 11) is 1.80. The molecule has 7 nitrogen and oxygen atoms in total. The van der Waals surface area contributed by atoms with Gasteiger partial charge in [0.2, 0.25) is 5.91 Å². The maximum atomic E-state index is 12.7. The van der Waals surface area contributed by atoms with Crippen molar-refractivity contribution in [3.63, 3.8) is 0 Å². The van der Waals surface area contributed by atoms with Gasteiger partial charge in [-0.15, -0.1) is 0 Å². The van der Waals surface area contributed by atoms with E-state index in [4.69, 9.17) is 4.42 Å². The number of aryl methyl sites for hydroxylation is 1. The Kier molecular flexibility index (Phi) is 4.18. The van der Waals surface area contributed by atoms with Gasteiger partial charge in [0.05, 0.1) is 24.6 Å². The highest BCUT2D eigenvalue weighted by Crippen LogP contribution is 2.21. The fourth-order valence-electron chi connectivity index (χ4n) is 2.85. The molecule has 0 saturated carbocycles. The summed E-state index contributed by atoms with van der Waals surface area (Å²) in [5, 5.41) is 6.94. The van der Waals surface area contributed by atoms with Crippen molar-refractivity contribution in [3.8, 4) is 0 Å². The van der Waals surface area contributed by atoms with Crippen molar-refractivity contribution in [1.82, 2.24) is 20.0 Å². The van der Waals surface area contributed by atoms with E-state index in [9.17, 15) is 9.59 Å². The quantitative estimate of drug-likeness (QED) is 0.920. The Hall–Kier alpha value is -2.57. The molecule has 2 aromatic heterocycles. The first-order chi connectivity index (χ1) is 11.1. The summed E-state index contributed by atoms with van der Waals surface area (Å²) in [6, 6.07) is 3.15. The number of nitrogens with zero attached hydrogens (tertiary/aromatic N) is 3. The molecule has 0 spiro atoms. The van der Waals surface area contributed by atoms with Crippen LogP contribution in [-0.2, 0) is 18.4 Å². The van der Waals surface area contributed by atoms with Crippen molar-refractivity contribution in [2.75, 3.05) is 6.54 Å². The van der Waals surface area contributed by atoms with Crippen LogP contribution in [0.25, 0.3) is 0 Å². The Morgan fingerprint density at radius 1 is 1.48 bits per heavy atom. The monoisotopic (exact) mass is 316 g/mol. The third-order valence-corrected chi connectivity index (χ3v) is 4.30. The molecule has 1 aliphatic heterocycles. The molecule has 1 aliphatic rings. The summed E-state index contributed by atoms with van der Waals surface area (Å²) >= 11 is 0. The van der Waals surface area contributed by atoms with Crippen LogP contribution in [-0.4, -0.2) is 39.1 Å². The van der Waals surface area contributed by atoms with E-state index in [1.807, 2.05) is 6.92 Å². The number of likely N-dealkylation sites (tertiary alicyclic amines) is 1. The van der Waals surface area contributed by atoms with Crippen molar-refractivity contribution < 1.29 is 14.0 Å². The molecule has 0 radical (unpaired) electrons. The maximum Gasteiger partial charge on any atom is 0.258 e. The van der Waals surface area contributed by atoms with Crippen LogP contribution in [0.4, 0.5) is 0 Å². The fraction of sp³-hybridized carbons (Fsp3) is 0.438. The minimum Gasteiger partial charge on any atom is -0.467 e. The molecule has 1 saturated heterocycles. The zero-order valence-corrected chi connectivity index (χ0v) is 13.3. The lowest BCUT2D eigenvalue weighted by Gasteiger charge is -2.23. The van der Waals surface area contributed by atoms with E-state index in [0.717, 1.165) is 12.1 Å². The maximum absolute atomic E-state index is 12.7. The molecule has 0 bridgehead atoms. The second-order valence-corrected chi connectivity index (χ2v) is 5.72. The van der Waals surface area contributed by atoms with Gasteiger partial charge < -0.3 is 14.6 Å². The molecule has 2 amide bonds. The summed E-state index contributed by atoms with van der Waals surface area (Å²) in [6.07, 6.45) is 4.63. The molecule has 2 aromatic rings. The van der Waals surface area contributed by atoms with Gasteiger partial charge in [0.15, 0.2) is 0 Å². The highest BCUT2D eigenvalue weighted by atomic mass is 16.3. The zero-order valence-electron chi connectivity index (χ0n) is 13.3. The standard InChI is InChI=1S/C16H20N4O3/c1-11-13(10-18-19(11)2)16(22)20-7-3-6-14(20)15(21)17-9-12-5-4-8-23-12/h4-5,8,10,14H,3,6-7,9H2,1-2H3,(H,17,21). The topological polar surface area (TPSA) is 80.4 Å². The number of amides is 2. The molecule has 1 N–H and O–H groups in total. The largest absolute Gasteiger partial charge is 0.467 e. The van der Waals surface area contributed by atoms with Gasteiger partial charge >= 0.3 is 0 Å². The smallest absolute Gasteiger partial charge is 0.258 e. The molecule has 122 valence electrons. The minimum atomic E-state index is -0.433. The average Bonchev–Trinajstić information content (AvgIpc) is 3.27. The Bertz CT molecular complexity index is 705. The SMILES string of the molecule is Cc1c(C(=O)N2CCCC2C(=O)NCc2ccco2)cnn1C. The van der Waals surface area contributed by atoms with E-state index in [1.54, 1.807) is 41.2 Å². The van der Waals surface area contributed by atoms with Crippen molar-refractivity contribution in [1.29, 1.82) is 0 Å². The van der Waals surface area contributed by atoms with Crippen LogP contribution < -0.4 is 5.32 Å². The number of hydrogen-bond acceptors (Lipinski definition) is 4. The molecule has 1 unspecified atom stereocenters. The van der Waals surface area contributed by atoms with Crippen molar-refractivity contribution in [3.05, 3.63) is 41.6 Å². The first-order valence-electron chi connectivity index (χ1n) is 7.67. The van der Waals surface area contributed by atoms with Crippen LogP contribution in [0.15, 0.2) is 29.0 Å². The Labute approximate surface area is 134 Å². The fourth-order valence-corrected chi connectivity index (χ4v) is 2.85. The van der Waals surface area contributed by atoms with Gasteiger partial charge in [-0.05, 0) is 31.9 Å². The van der Waals surface area contributed by atoms with Crippen LogP contribution in [0, 0.1) is 6.92 Å². The number of hydrogen-bond donors (Lipinski definition) is 1. The minimum absolute atomic E-state index is 0.133. The normalized spacial score (nSPS) is 17.5. The van der Waals surface area contributed by atoms with E-state index in [2.05, 4.69) is 10.4 Å². The number of carbonyl (C=O) groups is 2. The molecule has 1 atom stereocenters. The van der Waals surface area contributed by atoms with Gasteiger partial charge in [-0.25, -0.2) is 0 Å². The van der Waals surface area contributed by atoms with Crippen LogP contribution in [0.5, 0.6) is 0 Å². The van der Waals surface area contributed by atoms with Gasteiger partial charge in [-0.1, -0.05) is 0 Å². The first-order valence-corrected chi connectivity index (χ1v) is 7.67. The lowest BCUT2D eigenvalue weighted by atomic mass is 10.1. The highest BCUT2D eigenvalue weighted by Gasteiger charge is 2.35. The summed E-state index contributed by atoms with van der Waals surface area (Å²) in [5.74, 6) is 0.414. The molecule has 3 heterocycles. The van der Waals surface area contributed by atoms with Gasteiger partial charge in [0.1, 0.15) is 11.8 Å². The first kappa shape index (κ1) is 15.3. The molecule has 0 aliphatic carbocycles. The lowest BCUT2D eigenvalue weighted by Crippen LogP contribution is -2.45. The van der Waals surface area contributed by atoms with Gasteiger partial charge in [0.25, 0.3) is 5.91 Å². The molecule has 1 fully saturated rings. The van der Waals surface area contributed by atoms with E-state index >= 15 is 0 Å². The molecule has 23 heavy (non-hydrogen) atoms. The number of nitrogens with one attached hydrogen (secondary N) is 1. The highest BCUT2D eigenvalue weighted by molar-refractivity contribution is 5.98. The molecular formula is C16H20N4O3. The van der Waals surface area contributed by atoms with Gasteiger partial charge in [0, 0.05) is 19.3 Å². The van der Waals surface area contributed by atoms with Crippen LogP contribution in [0.2, 0.25) is 0 Å². The van der Waals surface area contributed by atoms with Crippen molar-refractivity contribution >= 4 is 11.8 Å². The average molecular weight is 316 g/mol. The molecular weight excluding hydrogens is 296 g/mol. The van der Waals surface area contributed by atoms with Crippen LogP contribution in [0.1, 0.15) is 34.7 Å². The number of aromatic nitrogens is 2. The predicted molar refractivity (Wildman–Crippen MR) is 82.6 cm³/mol. The third kappa shape index (κ3) is 2.99. The van der Waals surface area contributed by atoms with Crippen LogP contribution in [0.3, 0.4) is 0 Å². The Morgan fingerprint density at radius 2 is 2.30 bits per heavy atom. The predicted octanol–water partition coefficient (Wildman–Crippen LogP) is 1.24. The van der Waals surface area contributed by atoms with Gasteiger partial charge in [-0.2, -0.15) is 5.10 Å². The molecule has 0 aromatic carbocycles. The van der Waals surface area contributed by atoms with Crippen molar-refractivity contribution in [2.45, 2.75) is 32.4 Å². The molecule has 7 heteroatoms. The van der Waals surface area contributed by atoms with E-state index in [-0.39, 0.29) is 11.8 Å². The second kappa shape index (κ2) is 6.28. The Balaban J connectivity index is 1.68. The summed E-state index contributed by atoms with van der Waals surface area (Å²) in [5.41, 5.74) is 1.36. The number of furan rings is 1. The van der Waals surface area contributed by atoms with Gasteiger partial charge in [-0.3, -0.25) is 14.3 Å². The third-order valence-electron chi connectivity index (χ3n) is 4.30. The molecule has 3 rings (SSSR count). The lowest BCUT2D eigenvalue weighted by molar-refractivity contribution is -0.125. The second-order valence-electron chi connectivity index (χ2n) is 5.72. The van der Waals surface area contributed by atoms with E-state index in [0.29, 0.717) is 30.8 Å². The van der Waals surface area contributed by atoms with Crippen molar-refractivity contribution in [2.24, 2.45) is 7.05 Å². The van der Waals surface area contributed by atoms with E-state index < -0.39 is 6.04 Å². The van der Waals surface area contributed by atoms with E-state index in [1.165, 1.54) is 0 Å². The zero-order chi connectivity index (χ0) is 16.4. The number of carbonyl (C=O) groups excluding carboxylic acids is 2. The summed E-state index contributed by atoms with van der Waals surface area (Å²) in [4.78, 5) is 26.8. The summed E-state index contributed by atoms with van der Waals surface area (Å²) in [6.45, 7) is 2.77. The summed E-state index contributed by atoms with van der Waals surface area (Å²) < 4.78 is 6.86. The Morgan fingerprint density at radius 3 is 2.96 bits per heavy atom. The van der Waals surface area contributed by atoms with Crippen LogP contribution >= 0.6 is 0 Å².